The van der Waals surface area contributed by atoms with Gasteiger partial charge in [0.15, 0.2) is 0 Å². The number of carboxylic acids is 2. The lowest BCUT2D eigenvalue weighted by molar-refractivity contribution is -0.156. The van der Waals surface area contributed by atoms with Crippen LogP contribution in [0.2, 0.25) is 5.02 Å². The van der Waals surface area contributed by atoms with E-state index in [0.29, 0.717) is 10.7 Å². The molecule has 0 spiro atoms. The monoisotopic (exact) mass is 314 g/mol. The van der Waals surface area contributed by atoms with E-state index in [2.05, 4.69) is 0 Å². The Bertz CT molecular complexity index is 597. The standard InChI is InChI=1S/C13H15ClN2O5/c1-15-5-7(14)4-10(15)11(17)16-3-2-8(12(18)19)9(6-16)13(20)21/h4-5,8-9H,2-3,6H2,1H3,(H,18,19)(H,20,21). The van der Waals surface area contributed by atoms with Crippen molar-refractivity contribution in [1.29, 1.82) is 0 Å². The van der Waals surface area contributed by atoms with Crippen LogP contribution in [0.15, 0.2) is 12.3 Å². The third-order valence-corrected chi connectivity index (χ3v) is 3.93. The fourth-order valence-corrected chi connectivity index (χ4v) is 2.83. The van der Waals surface area contributed by atoms with Gasteiger partial charge in [0.25, 0.3) is 5.91 Å². The van der Waals surface area contributed by atoms with Crippen molar-refractivity contribution in [2.24, 2.45) is 18.9 Å². The van der Waals surface area contributed by atoms with Gasteiger partial charge in [-0.1, -0.05) is 11.6 Å². The van der Waals surface area contributed by atoms with Gasteiger partial charge in [-0.05, 0) is 12.5 Å². The zero-order chi connectivity index (χ0) is 15.7. The molecule has 0 aliphatic carbocycles. The summed E-state index contributed by atoms with van der Waals surface area (Å²) < 4.78 is 1.56. The molecule has 0 radical (unpaired) electrons. The van der Waals surface area contributed by atoms with Crippen LogP contribution < -0.4 is 0 Å². The van der Waals surface area contributed by atoms with Crippen molar-refractivity contribution in [3.63, 3.8) is 0 Å². The Balaban J connectivity index is 2.19. The molecule has 114 valence electrons. The number of nitrogens with zero attached hydrogens (tertiary/aromatic N) is 2. The van der Waals surface area contributed by atoms with Gasteiger partial charge in [0, 0.05) is 26.3 Å². The molecule has 8 heteroatoms. The molecule has 1 aliphatic heterocycles. The SMILES string of the molecule is Cn1cc(Cl)cc1C(=O)N1CCC(C(=O)O)C(C(=O)O)C1. The minimum Gasteiger partial charge on any atom is -0.481 e. The molecule has 2 atom stereocenters. The first-order valence-corrected chi connectivity index (χ1v) is 6.75. The summed E-state index contributed by atoms with van der Waals surface area (Å²) in [5.74, 6) is -4.76. The smallest absolute Gasteiger partial charge is 0.309 e. The molecule has 1 aromatic rings. The van der Waals surface area contributed by atoms with Crippen LogP contribution in [0.3, 0.4) is 0 Å². The molecule has 0 bridgehead atoms. The Morgan fingerprint density at radius 2 is 1.86 bits per heavy atom. The molecule has 2 unspecified atom stereocenters. The molecule has 1 aromatic heterocycles. The van der Waals surface area contributed by atoms with Gasteiger partial charge >= 0.3 is 11.9 Å². The number of aryl methyl sites for hydroxylation is 1. The highest BCUT2D eigenvalue weighted by molar-refractivity contribution is 6.31. The van der Waals surface area contributed by atoms with Gasteiger partial charge in [-0.2, -0.15) is 0 Å². The number of halogens is 1. The summed E-state index contributed by atoms with van der Waals surface area (Å²) in [7, 11) is 1.66. The van der Waals surface area contributed by atoms with Gasteiger partial charge in [-0.15, -0.1) is 0 Å². The topological polar surface area (TPSA) is 99.8 Å². The summed E-state index contributed by atoms with van der Waals surface area (Å²) in [6.45, 7) is 0.0936. The number of piperidine rings is 1. The molecule has 7 nitrogen and oxygen atoms in total. The van der Waals surface area contributed by atoms with Gasteiger partial charge in [0.1, 0.15) is 5.69 Å². The minimum atomic E-state index is -1.20. The summed E-state index contributed by atoms with van der Waals surface area (Å²) in [6, 6.07) is 1.50. The summed E-state index contributed by atoms with van der Waals surface area (Å²) in [4.78, 5) is 36.1. The lowest BCUT2D eigenvalue weighted by atomic mass is 9.85. The van der Waals surface area contributed by atoms with Gasteiger partial charge in [-0.25, -0.2) is 0 Å². The van der Waals surface area contributed by atoms with Crippen molar-refractivity contribution in [2.75, 3.05) is 13.1 Å². The maximum Gasteiger partial charge on any atom is 0.309 e. The van der Waals surface area contributed by atoms with E-state index >= 15 is 0 Å². The lowest BCUT2D eigenvalue weighted by Gasteiger charge is -2.34. The zero-order valence-corrected chi connectivity index (χ0v) is 12.1. The Labute approximate surface area is 125 Å². The van der Waals surface area contributed by atoms with Crippen molar-refractivity contribution >= 4 is 29.4 Å². The molecular weight excluding hydrogens is 300 g/mol. The van der Waals surface area contributed by atoms with Crippen LogP contribution in [0.1, 0.15) is 16.9 Å². The van der Waals surface area contributed by atoms with Crippen LogP contribution in [-0.2, 0) is 16.6 Å². The van der Waals surface area contributed by atoms with Gasteiger partial charge in [0.05, 0.1) is 16.9 Å². The third-order valence-electron chi connectivity index (χ3n) is 3.73. The third kappa shape index (κ3) is 3.02. The Hall–Kier alpha value is -2.02. The van der Waals surface area contributed by atoms with Crippen LogP contribution in [0.4, 0.5) is 0 Å². The van der Waals surface area contributed by atoms with Gasteiger partial charge < -0.3 is 19.7 Å². The van der Waals surface area contributed by atoms with Crippen molar-refractivity contribution in [2.45, 2.75) is 6.42 Å². The first kappa shape index (κ1) is 15.4. The highest BCUT2D eigenvalue weighted by atomic mass is 35.5. The second-order valence-electron chi connectivity index (χ2n) is 5.08. The second-order valence-corrected chi connectivity index (χ2v) is 5.52. The number of rotatable bonds is 3. The number of hydrogen-bond donors (Lipinski definition) is 2. The van der Waals surface area contributed by atoms with E-state index in [-0.39, 0.29) is 25.4 Å². The highest BCUT2D eigenvalue weighted by Gasteiger charge is 2.40. The number of carbonyl (C=O) groups is 3. The number of aliphatic carboxylic acids is 2. The number of carbonyl (C=O) groups excluding carboxylic acids is 1. The number of aromatic nitrogens is 1. The molecule has 1 saturated heterocycles. The molecule has 2 heterocycles. The normalized spacial score (nSPS) is 22.1. The maximum absolute atomic E-state index is 12.4. The van der Waals surface area contributed by atoms with Crippen molar-refractivity contribution in [1.82, 2.24) is 9.47 Å². The van der Waals surface area contributed by atoms with E-state index in [1.54, 1.807) is 17.8 Å². The van der Waals surface area contributed by atoms with Crippen LogP contribution in [0.25, 0.3) is 0 Å². The van der Waals surface area contributed by atoms with E-state index in [1.807, 2.05) is 0 Å². The molecule has 0 aromatic carbocycles. The van der Waals surface area contributed by atoms with E-state index in [0.717, 1.165) is 0 Å². The predicted molar refractivity (Wildman–Crippen MR) is 73.2 cm³/mol. The Kier molecular flexibility index (Phi) is 4.22. The Morgan fingerprint density at radius 1 is 1.24 bits per heavy atom. The molecule has 21 heavy (non-hydrogen) atoms. The minimum absolute atomic E-state index is 0.117. The van der Waals surface area contributed by atoms with Crippen molar-refractivity contribution in [3.8, 4) is 0 Å². The molecule has 2 rings (SSSR count). The first-order chi connectivity index (χ1) is 9.81. The summed E-state index contributed by atoms with van der Waals surface area (Å²) in [5, 5.41) is 18.6. The zero-order valence-electron chi connectivity index (χ0n) is 11.3. The highest BCUT2D eigenvalue weighted by Crippen LogP contribution is 2.26. The molecule has 1 fully saturated rings. The van der Waals surface area contributed by atoms with Crippen LogP contribution >= 0.6 is 11.6 Å². The van der Waals surface area contributed by atoms with E-state index in [4.69, 9.17) is 21.8 Å². The fraction of sp³-hybridized carbons (Fsp3) is 0.462. The molecular formula is C13H15ClN2O5. The molecule has 1 aliphatic rings. The fourth-order valence-electron chi connectivity index (χ4n) is 2.58. The summed E-state index contributed by atoms with van der Waals surface area (Å²) in [6.07, 6.45) is 1.70. The number of carboxylic acid groups (broad SMARTS) is 2. The van der Waals surface area contributed by atoms with Crippen LogP contribution in [-0.4, -0.2) is 50.6 Å². The van der Waals surface area contributed by atoms with E-state index < -0.39 is 23.8 Å². The maximum atomic E-state index is 12.4. The molecule has 2 N–H and O–H groups in total. The Morgan fingerprint density at radius 3 is 2.33 bits per heavy atom. The van der Waals surface area contributed by atoms with Crippen molar-refractivity contribution in [3.05, 3.63) is 23.0 Å². The molecule has 1 amide bonds. The summed E-state index contributed by atoms with van der Waals surface area (Å²) >= 11 is 5.83. The van der Waals surface area contributed by atoms with Gasteiger partial charge in [-0.3, -0.25) is 14.4 Å². The first-order valence-electron chi connectivity index (χ1n) is 6.38. The number of amides is 1. The summed E-state index contributed by atoms with van der Waals surface area (Å²) in [5.41, 5.74) is 0.345. The average Bonchev–Trinajstić information content (AvgIpc) is 2.76. The molecule has 0 saturated carbocycles. The second kappa shape index (κ2) is 5.77. The quantitative estimate of drug-likeness (QED) is 0.864. The van der Waals surface area contributed by atoms with E-state index in [1.165, 1.54) is 11.0 Å². The van der Waals surface area contributed by atoms with E-state index in [9.17, 15) is 14.4 Å². The lowest BCUT2D eigenvalue weighted by Crippen LogP contribution is -2.48. The van der Waals surface area contributed by atoms with Gasteiger partial charge in [0.2, 0.25) is 0 Å². The van der Waals surface area contributed by atoms with Crippen LogP contribution in [0.5, 0.6) is 0 Å². The van der Waals surface area contributed by atoms with Crippen molar-refractivity contribution < 1.29 is 24.6 Å². The predicted octanol–water partition coefficient (Wildman–Crippen LogP) is 0.926. The average molecular weight is 315 g/mol. The largest absolute Gasteiger partial charge is 0.481 e. The number of likely N-dealkylation sites (tertiary alicyclic amines) is 1. The van der Waals surface area contributed by atoms with Crippen LogP contribution in [0, 0.1) is 11.8 Å². The number of hydrogen-bond acceptors (Lipinski definition) is 3.